The molecule has 1 aliphatic heterocycles. The first kappa shape index (κ1) is 16.7. The minimum absolute atomic E-state index is 0.340. The van der Waals surface area contributed by atoms with E-state index in [2.05, 4.69) is 0 Å². The van der Waals surface area contributed by atoms with E-state index in [0.717, 1.165) is 12.8 Å². The standard InChI is InChI=1S/C11H16Cl3NO4/c1-2-6-18-9(16)8-4-3-5-15(8)10(17)19-7-11(12,13)14/h8H,2-7H2,1H3/t8-/m0/s1. The lowest BCUT2D eigenvalue weighted by atomic mass is 10.2. The van der Waals surface area contributed by atoms with E-state index in [0.29, 0.717) is 19.6 Å². The SMILES string of the molecule is CCCOC(=O)[C@@H]1CCCN1C(=O)OCC(Cl)(Cl)Cl. The Kier molecular flexibility index (Phi) is 6.50. The summed E-state index contributed by atoms with van der Waals surface area (Å²) in [5.74, 6) is -0.412. The van der Waals surface area contributed by atoms with Crippen LogP contribution in [0.2, 0.25) is 0 Å². The maximum Gasteiger partial charge on any atom is 0.410 e. The molecule has 0 radical (unpaired) electrons. The predicted octanol–water partition coefficient (Wildman–Crippen LogP) is 2.91. The molecule has 1 rings (SSSR count). The summed E-state index contributed by atoms with van der Waals surface area (Å²) in [5, 5.41) is 0. The summed E-state index contributed by atoms with van der Waals surface area (Å²) in [6.45, 7) is 2.32. The highest BCUT2D eigenvalue weighted by Crippen LogP contribution is 2.27. The number of alkyl halides is 3. The molecule has 0 aromatic rings. The van der Waals surface area contributed by atoms with Gasteiger partial charge in [-0.15, -0.1) is 0 Å². The first-order chi connectivity index (χ1) is 8.85. The smallest absolute Gasteiger partial charge is 0.410 e. The zero-order valence-corrected chi connectivity index (χ0v) is 12.8. The van der Waals surface area contributed by atoms with Crippen LogP contribution in [0.1, 0.15) is 26.2 Å². The van der Waals surface area contributed by atoms with Gasteiger partial charge in [-0.3, -0.25) is 4.90 Å². The van der Waals surface area contributed by atoms with Gasteiger partial charge < -0.3 is 9.47 Å². The number of hydrogen-bond acceptors (Lipinski definition) is 4. The van der Waals surface area contributed by atoms with E-state index in [9.17, 15) is 9.59 Å². The Labute approximate surface area is 127 Å². The number of amides is 1. The van der Waals surface area contributed by atoms with Gasteiger partial charge in [0.1, 0.15) is 12.6 Å². The van der Waals surface area contributed by atoms with E-state index in [1.807, 2.05) is 6.92 Å². The molecule has 8 heteroatoms. The van der Waals surface area contributed by atoms with Crippen LogP contribution >= 0.6 is 34.8 Å². The van der Waals surface area contributed by atoms with E-state index < -0.39 is 21.9 Å². The summed E-state index contributed by atoms with van der Waals surface area (Å²) in [6, 6.07) is -0.602. The molecule has 0 aromatic carbocycles. The van der Waals surface area contributed by atoms with Gasteiger partial charge in [-0.2, -0.15) is 0 Å². The molecule has 5 nitrogen and oxygen atoms in total. The first-order valence-corrected chi connectivity index (χ1v) is 7.15. The minimum atomic E-state index is -1.66. The fraction of sp³-hybridized carbons (Fsp3) is 0.818. The maximum absolute atomic E-state index is 11.8. The summed E-state index contributed by atoms with van der Waals surface area (Å²) < 4.78 is 8.23. The molecule has 1 amide bonds. The average molecular weight is 333 g/mol. The van der Waals surface area contributed by atoms with Crippen LogP contribution in [0.3, 0.4) is 0 Å². The molecule has 0 bridgehead atoms. The molecule has 110 valence electrons. The average Bonchev–Trinajstić information content (AvgIpc) is 2.81. The third kappa shape index (κ3) is 5.63. The minimum Gasteiger partial charge on any atom is -0.464 e. The predicted molar refractivity (Wildman–Crippen MR) is 72.6 cm³/mol. The molecular weight excluding hydrogens is 316 g/mol. The topological polar surface area (TPSA) is 55.8 Å². The first-order valence-electron chi connectivity index (χ1n) is 6.02. The molecule has 0 aromatic heterocycles. The lowest BCUT2D eigenvalue weighted by Gasteiger charge is -2.23. The molecule has 1 aliphatic rings. The Bertz CT molecular complexity index is 332. The normalized spacial score (nSPS) is 19.4. The summed E-state index contributed by atoms with van der Waals surface area (Å²) in [7, 11) is 0. The van der Waals surface area contributed by atoms with Crippen LogP contribution in [0.5, 0.6) is 0 Å². The highest BCUT2D eigenvalue weighted by Gasteiger charge is 2.37. The van der Waals surface area contributed by atoms with Crippen LogP contribution in [-0.4, -0.2) is 46.6 Å². The second-order valence-corrected chi connectivity index (χ2v) is 6.70. The van der Waals surface area contributed by atoms with Crippen LogP contribution in [0.4, 0.5) is 4.79 Å². The second-order valence-electron chi connectivity index (χ2n) is 4.19. The number of nitrogens with zero attached hydrogens (tertiary/aromatic N) is 1. The zero-order chi connectivity index (χ0) is 14.5. The Hall–Kier alpha value is -0.390. The molecule has 19 heavy (non-hydrogen) atoms. The summed E-state index contributed by atoms with van der Waals surface area (Å²) in [6.07, 6.45) is 1.35. The molecule has 0 saturated carbocycles. The van der Waals surface area contributed by atoms with E-state index in [-0.39, 0.29) is 6.61 Å². The third-order valence-corrected chi connectivity index (χ3v) is 2.89. The van der Waals surface area contributed by atoms with Crippen LogP contribution < -0.4 is 0 Å². The quantitative estimate of drug-likeness (QED) is 0.587. The Morgan fingerprint density at radius 3 is 2.58 bits per heavy atom. The number of hydrogen-bond donors (Lipinski definition) is 0. The number of carbonyl (C=O) groups excluding carboxylic acids is 2. The van der Waals surface area contributed by atoms with Gasteiger partial charge in [-0.1, -0.05) is 41.7 Å². The largest absolute Gasteiger partial charge is 0.464 e. The van der Waals surface area contributed by atoms with Crippen molar-refractivity contribution in [2.24, 2.45) is 0 Å². The molecular formula is C11H16Cl3NO4. The van der Waals surface area contributed by atoms with Crippen LogP contribution in [0, 0.1) is 0 Å². The Morgan fingerprint density at radius 2 is 2.00 bits per heavy atom. The van der Waals surface area contributed by atoms with E-state index in [1.54, 1.807) is 0 Å². The van der Waals surface area contributed by atoms with Crippen molar-refractivity contribution in [3.8, 4) is 0 Å². The van der Waals surface area contributed by atoms with Crippen LogP contribution in [0.25, 0.3) is 0 Å². The zero-order valence-electron chi connectivity index (χ0n) is 10.5. The fourth-order valence-electron chi connectivity index (χ4n) is 1.76. The molecule has 1 fully saturated rings. The van der Waals surface area contributed by atoms with Crippen molar-refractivity contribution in [1.29, 1.82) is 0 Å². The molecule has 1 saturated heterocycles. The van der Waals surface area contributed by atoms with Crippen molar-refractivity contribution in [1.82, 2.24) is 4.90 Å². The van der Waals surface area contributed by atoms with Crippen molar-refractivity contribution in [2.45, 2.75) is 36.0 Å². The van der Waals surface area contributed by atoms with Gasteiger partial charge in [0.05, 0.1) is 6.61 Å². The van der Waals surface area contributed by atoms with E-state index >= 15 is 0 Å². The highest BCUT2D eigenvalue weighted by molar-refractivity contribution is 6.67. The number of halogens is 3. The van der Waals surface area contributed by atoms with Crippen molar-refractivity contribution >= 4 is 46.9 Å². The number of rotatable bonds is 4. The van der Waals surface area contributed by atoms with E-state index in [4.69, 9.17) is 44.3 Å². The van der Waals surface area contributed by atoms with Crippen molar-refractivity contribution in [3.63, 3.8) is 0 Å². The van der Waals surface area contributed by atoms with Gasteiger partial charge in [-0.25, -0.2) is 9.59 Å². The number of carbonyl (C=O) groups is 2. The van der Waals surface area contributed by atoms with Crippen molar-refractivity contribution in [2.75, 3.05) is 19.8 Å². The third-order valence-electron chi connectivity index (χ3n) is 2.57. The van der Waals surface area contributed by atoms with Gasteiger partial charge in [0.15, 0.2) is 0 Å². The second kappa shape index (κ2) is 7.41. The fourth-order valence-corrected chi connectivity index (χ4v) is 1.92. The maximum atomic E-state index is 11.8. The molecule has 0 unspecified atom stereocenters. The highest BCUT2D eigenvalue weighted by atomic mass is 35.6. The van der Waals surface area contributed by atoms with Crippen molar-refractivity contribution in [3.05, 3.63) is 0 Å². The van der Waals surface area contributed by atoms with Gasteiger partial charge in [0.25, 0.3) is 0 Å². The molecule has 1 heterocycles. The van der Waals surface area contributed by atoms with Gasteiger partial charge in [-0.05, 0) is 19.3 Å². The number of likely N-dealkylation sites (tertiary alicyclic amines) is 1. The van der Waals surface area contributed by atoms with Crippen LogP contribution in [0.15, 0.2) is 0 Å². The molecule has 0 spiro atoms. The Morgan fingerprint density at radius 1 is 1.32 bits per heavy atom. The molecule has 1 atom stereocenters. The van der Waals surface area contributed by atoms with Crippen LogP contribution in [-0.2, 0) is 14.3 Å². The van der Waals surface area contributed by atoms with Gasteiger partial charge in [0.2, 0.25) is 3.79 Å². The summed E-state index contributed by atoms with van der Waals surface area (Å²) >= 11 is 16.5. The monoisotopic (exact) mass is 331 g/mol. The molecule has 0 aliphatic carbocycles. The summed E-state index contributed by atoms with van der Waals surface area (Å²) in [5.41, 5.74) is 0. The summed E-state index contributed by atoms with van der Waals surface area (Å²) in [4.78, 5) is 24.9. The van der Waals surface area contributed by atoms with Crippen molar-refractivity contribution < 1.29 is 19.1 Å². The van der Waals surface area contributed by atoms with Gasteiger partial charge >= 0.3 is 12.1 Å². The molecule has 0 N–H and O–H groups in total. The number of esters is 1. The number of ether oxygens (including phenoxy) is 2. The lowest BCUT2D eigenvalue weighted by molar-refractivity contribution is -0.148. The lowest BCUT2D eigenvalue weighted by Crippen LogP contribution is -2.42. The Balaban J connectivity index is 2.51. The van der Waals surface area contributed by atoms with Gasteiger partial charge in [0, 0.05) is 6.54 Å². The van der Waals surface area contributed by atoms with E-state index in [1.165, 1.54) is 4.90 Å².